The lowest BCUT2D eigenvalue weighted by molar-refractivity contribution is 0.384. The lowest BCUT2D eigenvalue weighted by atomic mass is 9.94. The van der Waals surface area contributed by atoms with Crippen LogP contribution in [0.5, 0.6) is 0 Å². The number of nitrogens with one attached hydrogen (secondary N) is 1. The monoisotopic (exact) mass is 239 g/mol. The molecule has 0 amide bonds. The summed E-state index contributed by atoms with van der Waals surface area (Å²) in [5, 5.41) is 7.69. The molecule has 0 aromatic carbocycles. The van der Waals surface area contributed by atoms with E-state index in [1.807, 2.05) is 17.9 Å². The lowest BCUT2D eigenvalue weighted by Gasteiger charge is -2.21. The van der Waals surface area contributed by atoms with Crippen molar-refractivity contribution in [3.8, 4) is 0 Å². The molecule has 1 aromatic rings. The molecule has 3 nitrogen and oxygen atoms in total. The normalized spacial score (nSPS) is 22.5. The van der Waals surface area contributed by atoms with Gasteiger partial charge in [-0.2, -0.15) is 16.9 Å². The third-order valence-electron chi connectivity index (χ3n) is 3.41. The summed E-state index contributed by atoms with van der Waals surface area (Å²) >= 11 is 2.10. The Hall–Kier alpha value is -0.480. The Morgan fingerprint density at radius 3 is 3.12 bits per heavy atom. The van der Waals surface area contributed by atoms with Gasteiger partial charge in [0.15, 0.2) is 0 Å². The van der Waals surface area contributed by atoms with E-state index >= 15 is 0 Å². The van der Waals surface area contributed by atoms with Crippen molar-refractivity contribution in [1.29, 1.82) is 0 Å². The fourth-order valence-corrected chi connectivity index (χ4v) is 3.75. The standard InChI is InChI=1S/C12H21N3S/c1-13-12(11-5-6-16-9-11)4-3-10-7-14-15(2)8-10/h7-8,11-13H,3-6,9H2,1-2H3. The highest BCUT2D eigenvalue weighted by Crippen LogP contribution is 2.27. The van der Waals surface area contributed by atoms with Crippen molar-refractivity contribution in [1.82, 2.24) is 15.1 Å². The van der Waals surface area contributed by atoms with E-state index in [2.05, 4.69) is 35.4 Å². The zero-order valence-electron chi connectivity index (χ0n) is 10.1. The first kappa shape index (κ1) is 12.0. The van der Waals surface area contributed by atoms with E-state index in [1.54, 1.807) is 0 Å². The topological polar surface area (TPSA) is 29.9 Å². The highest BCUT2D eigenvalue weighted by molar-refractivity contribution is 7.99. The van der Waals surface area contributed by atoms with Crippen LogP contribution in [0.15, 0.2) is 12.4 Å². The van der Waals surface area contributed by atoms with Crippen molar-refractivity contribution < 1.29 is 0 Å². The van der Waals surface area contributed by atoms with Gasteiger partial charge in [-0.15, -0.1) is 0 Å². The fraction of sp³-hybridized carbons (Fsp3) is 0.750. The highest BCUT2D eigenvalue weighted by atomic mass is 32.2. The van der Waals surface area contributed by atoms with Crippen LogP contribution in [0.4, 0.5) is 0 Å². The number of hydrogen-bond acceptors (Lipinski definition) is 3. The molecule has 16 heavy (non-hydrogen) atoms. The quantitative estimate of drug-likeness (QED) is 0.848. The molecule has 1 aliphatic heterocycles. The van der Waals surface area contributed by atoms with Crippen molar-refractivity contribution in [3.05, 3.63) is 18.0 Å². The van der Waals surface area contributed by atoms with Gasteiger partial charge in [0.25, 0.3) is 0 Å². The molecule has 2 atom stereocenters. The SMILES string of the molecule is CNC(CCc1cnn(C)c1)C1CCSC1. The molecule has 2 unspecified atom stereocenters. The molecule has 0 spiro atoms. The number of aromatic nitrogens is 2. The molecule has 90 valence electrons. The van der Waals surface area contributed by atoms with Gasteiger partial charge in [0, 0.05) is 19.3 Å². The van der Waals surface area contributed by atoms with Gasteiger partial charge in [-0.3, -0.25) is 4.68 Å². The first-order valence-corrected chi connectivity index (χ1v) is 7.17. The minimum Gasteiger partial charge on any atom is -0.317 e. The molecule has 1 saturated heterocycles. The number of hydrogen-bond donors (Lipinski definition) is 1. The first-order chi connectivity index (χ1) is 7.79. The molecule has 0 saturated carbocycles. The van der Waals surface area contributed by atoms with E-state index in [0.717, 1.165) is 12.3 Å². The van der Waals surface area contributed by atoms with Crippen LogP contribution in [0, 0.1) is 5.92 Å². The zero-order valence-corrected chi connectivity index (χ0v) is 11.0. The van der Waals surface area contributed by atoms with Crippen LogP contribution >= 0.6 is 11.8 Å². The Morgan fingerprint density at radius 2 is 2.56 bits per heavy atom. The van der Waals surface area contributed by atoms with Crippen LogP contribution in [0.2, 0.25) is 0 Å². The molecule has 0 aliphatic carbocycles. The molecule has 0 radical (unpaired) electrons. The van der Waals surface area contributed by atoms with E-state index in [4.69, 9.17) is 0 Å². The molecule has 4 heteroatoms. The van der Waals surface area contributed by atoms with Gasteiger partial charge in [0.2, 0.25) is 0 Å². The second-order valence-electron chi connectivity index (χ2n) is 4.58. The number of thioether (sulfide) groups is 1. The van der Waals surface area contributed by atoms with Crippen LogP contribution in [-0.2, 0) is 13.5 Å². The summed E-state index contributed by atoms with van der Waals surface area (Å²) in [6.07, 6.45) is 7.85. The van der Waals surface area contributed by atoms with E-state index in [9.17, 15) is 0 Å². The minimum absolute atomic E-state index is 0.676. The predicted molar refractivity (Wildman–Crippen MR) is 69.8 cm³/mol. The van der Waals surface area contributed by atoms with Gasteiger partial charge in [0.05, 0.1) is 6.20 Å². The second-order valence-corrected chi connectivity index (χ2v) is 5.73. The predicted octanol–water partition coefficient (Wildman–Crippen LogP) is 1.69. The second kappa shape index (κ2) is 5.73. The Balaban J connectivity index is 1.82. The maximum atomic E-state index is 4.21. The molecule has 0 bridgehead atoms. The van der Waals surface area contributed by atoms with E-state index in [1.165, 1.54) is 29.9 Å². The summed E-state index contributed by atoms with van der Waals surface area (Å²) < 4.78 is 1.88. The summed E-state index contributed by atoms with van der Waals surface area (Å²) in [5.41, 5.74) is 1.36. The summed E-state index contributed by atoms with van der Waals surface area (Å²) in [6.45, 7) is 0. The summed E-state index contributed by atoms with van der Waals surface area (Å²) in [7, 11) is 4.07. The number of rotatable bonds is 5. The minimum atomic E-state index is 0.676. The van der Waals surface area contributed by atoms with Gasteiger partial charge in [-0.05, 0) is 49.3 Å². The Bertz CT molecular complexity index is 318. The Kier molecular flexibility index (Phi) is 4.29. The smallest absolute Gasteiger partial charge is 0.0521 e. The van der Waals surface area contributed by atoms with Crippen molar-refractivity contribution >= 4 is 11.8 Å². The van der Waals surface area contributed by atoms with Crippen LogP contribution in [0.1, 0.15) is 18.4 Å². The van der Waals surface area contributed by atoms with Crippen molar-refractivity contribution in [2.24, 2.45) is 13.0 Å². The molecular weight excluding hydrogens is 218 g/mol. The van der Waals surface area contributed by atoms with Crippen molar-refractivity contribution in [2.45, 2.75) is 25.3 Å². The van der Waals surface area contributed by atoms with Crippen LogP contribution in [0.25, 0.3) is 0 Å². The van der Waals surface area contributed by atoms with E-state index in [0.29, 0.717) is 6.04 Å². The summed E-state index contributed by atoms with van der Waals surface area (Å²) in [5.74, 6) is 3.54. The summed E-state index contributed by atoms with van der Waals surface area (Å²) in [6, 6.07) is 0.676. The maximum absolute atomic E-state index is 4.21. The van der Waals surface area contributed by atoms with E-state index in [-0.39, 0.29) is 0 Å². The van der Waals surface area contributed by atoms with Crippen molar-refractivity contribution in [2.75, 3.05) is 18.6 Å². The maximum Gasteiger partial charge on any atom is 0.0521 e. The first-order valence-electron chi connectivity index (χ1n) is 6.02. The van der Waals surface area contributed by atoms with E-state index < -0.39 is 0 Å². The van der Waals surface area contributed by atoms with Gasteiger partial charge in [-0.25, -0.2) is 0 Å². The number of nitrogens with zero attached hydrogens (tertiary/aromatic N) is 2. The molecule has 1 aromatic heterocycles. The van der Waals surface area contributed by atoms with Gasteiger partial charge in [-0.1, -0.05) is 0 Å². The molecule has 1 fully saturated rings. The molecule has 1 aliphatic rings. The lowest BCUT2D eigenvalue weighted by Crippen LogP contribution is -2.34. The van der Waals surface area contributed by atoms with Crippen LogP contribution in [-0.4, -0.2) is 34.4 Å². The third kappa shape index (κ3) is 3.01. The molecular formula is C12H21N3S. The molecule has 1 N–H and O–H groups in total. The summed E-state index contributed by atoms with van der Waals surface area (Å²) in [4.78, 5) is 0. The molecule has 2 rings (SSSR count). The van der Waals surface area contributed by atoms with Crippen LogP contribution in [0.3, 0.4) is 0 Å². The fourth-order valence-electron chi connectivity index (χ4n) is 2.41. The molecule has 2 heterocycles. The number of aryl methyl sites for hydroxylation is 2. The Labute approximate surface area is 102 Å². The highest BCUT2D eigenvalue weighted by Gasteiger charge is 2.23. The largest absolute Gasteiger partial charge is 0.317 e. The van der Waals surface area contributed by atoms with Gasteiger partial charge >= 0.3 is 0 Å². The van der Waals surface area contributed by atoms with Crippen LogP contribution < -0.4 is 5.32 Å². The van der Waals surface area contributed by atoms with Gasteiger partial charge < -0.3 is 5.32 Å². The average molecular weight is 239 g/mol. The zero-order chi connectivity index (χ0) is 11.4. The van der Waals surface area contributed by atoms with Gasteiger partial charge in [0.1, 0.15) is 0 Å². The average Bonchev–Trinajstić information content (AvgIpc) is 2.91. The van der Waals surface area contributed by atoms with Crippen molar-refractivity contribution in [3.63, 3.8) is 0 Å². The Morgan fingerprint density at radius 1 is 1.69 bits per heavy atom. The third-order valence-corrected chi connectivity index (χ3v) is 4.60.